The maximum atomic E-state index is 13.8. The lowest BCUT2D eigenvalue weighted by molar-refractivity contribution is 0.0656. The zero-order valence-corrected chi connectivity index (χ0v) is 11.4. The average Bonchev–Trinajstić information content (AvgIpc) is 2.90. The lowest BCUT2D eigenvalue weighted by atomic mass is 10.1. The van der Waals surface area contributed by atoms with E-state index in [4.69, 9.17) is 15.3 Å². The van der Waals surface area contributed by atoms with E-state index in [1.807, 2.05) is 0 Å². The number of halogens is 1. The Bertz CT molecular complexity index is 740. The molecule has 3 N–H and O–H groups in total. The Hall–Kier alpha value is -2.48. The molecule has 21 heavy (non-hydrogen) atoms. The van der Waals surface area contributed by atoms with Crippen LogP contribution in [-0.4, -0.2) is 21.2 Å². The summed E-state index contributed by atoms with van der Waals surface area (Å²) in [5.74, 6) is -3.32. The summed E-state index contributed by atoms with van der Waals surface area (Å²) in [4.78, 5) is 21.6. The number of hydrogen-bond donors (Lipinski definition) is 2. The molecule has 0 saturated carbocycles. The number of carbonyl (C=O) groups is 2. The van der Waals surface area contributed by atoms with Crippen LogP contribution in [0.4, 0.5) is 4.39 Å². The molecule has 1 amide bonds. The summed E-state index contributed by atoms with van der Waals surface area (Å²) in [5.41, 5.74) is 5.13. The van der Waals surface area contributed by atoms with Crippen LogP contribution in [0.25, 0.3) is 0 Å². The first kappa shape index (κ1) is 14.9. The van der Waals surface area contributed by atoms with E-state index in [0.29, 0.717) is 0 Å². The summed E-state index contributed by atoms with van der Waals surface area (Å²) in [5, 5.41) is 8.64. The van der Waals surface area contributed by atoms with Crippen LogP contribution in [-0.2, 0) is 16.6 Å². The monoisotopic (exact) mass is 311 g/mol. The van der Waals surface area contributed by atoms with Crippen molar-refractivity contribution in [3.05, 3.63) is 53.0 Å². The van der Waals surface area contributed by atoms with Gasteiger partial charge in [-0.05, 0) is 24.3 Å². The number of carboxylic acid groups (broad SMARTS) is 1. The van der Waals surface area contributed by atoms with Gasteiger partial charge in [0.25, 0.3) is 0 Å². The van der Waals surface area contributed by atoms with E-state index >= 15 is 0 Å². The standard InChI is InChI=1S/C13H10FNO5S/c14-9-5-7(12(15)16)1-2-8(9)6-21(19)11-4-3-10(20-11)13(17)18/h1-5H,6H2,(H2,15,16)(H,17,18). The van der Waals surface area contributed by atoms with Gasteiger partial charge >= 0.3 is 5.97 Å². The number of hydrogen-bond acceptors (Lipinski definition) is 4. The quantitative estimate of drug-likeness (QED) is 0.869. The molecular weight excluding hydrogens is 301 g/mol. The van der Waals surface area contributed by atoms with Gasteiger partial charge in [-0.1, -0.05) is 6.07 Å². The largest absolute Gasteiger partial charge is 0.475 e. The lowest BCUT2D eigenvalue weighted by Gasteiger charge is -2.03. The van der Waals surface area contributed by atoms with E-state index in [-0.39, 0.29) is 27.7 Å². The van der Waals surface area contributed by atoms with Crippen LogP contribution in [0.15, 0.2) is 39.8 Å². The molecule has 1 aromatic carbocycles. The maximum Gasteiger partial charge on any atom is 0.371 e. The molecule has 0 aliphatic rings. The molecule has 1 heterocycles. The van der Waals surface area contributed by atoms with Gasteiger partial charge in [-0.3, -0.25) is 9.00 Å². The van der Waals surface area contributed by atoms with E-state index in [0.717, 1.165) is 6.07 Å². The van der Waals surface area contributed by atoms with E-state index in [2.05, 4.69) is 0 Å². The molecule has 2 aromatic rings. The van der Waals surface area contributed by atoms with Gasteiger partial charge in [-0.2, -0.15) is 0 Å². The summed E-state index contributed by atoms with van der Waals surface area (Å²) >= 11 is 0. The van der Waals surface area contributed by atoms with Gasteiger partial charge < -0.3 is 15.3 Å². The highest BCUT2D eigenvalue weighted by Gasteiger charge is 2.16. The van der Waals surface area contributed by atoms with Gasteiger partial charge in [-0.15, -0.1) is 0 Å². The van der Waals surface area contributed by atoms with Gasteiger partial charge in [-0.25, -0.2) is 9.18 Å². The summed E-state index contributed by atoms with van der Waals surface area (Å²) < 4.78 is 30.6. The summed E-state index contributed by atoms with van der Waals surface area (Å²) in [7, 11) is -1.74. The van der Waals surface area contributed by atoms with E-state index in [1.165, 1.54) is 24.3 Å². The van der Waals surface area contributed by atoms with Crippen molar-refractivity contribution in [3.63, 3.8) is 0 Å². The lowest BCUT2D eigenvalue weighted by Crippen LogP contribution is -2.11. The smallest absolute Gasteiger partial charge is 0.371 e. The minimum Gasteiger partial charge on any atom is -0.475 e. The van der Waals surface area contributed by atoms with E-state index < -0.39 is 28.5 Å². The highest BCUT2D eigenvalue weighted by molar-refractivity contribution is 7.84. The van der Waals surface area contributed by atoms with Crippen LogP contribution >= 0.6 is 0 Å². The van der Waals surface area contributed by atoms with Crippen LogP contribution < -0.4 is 5.73 Å². The minimum atomic E-state index is -1.74. The van der Waals surface area contributed by atoms with Crippen LogP contribution in [0.1, 0.15) is 26.5 Å². The fourth-order valence-corrected chi connectivity index (χ4v) is 2.65. The third kappa shape index (κ3) is 3.34. The molecule has 110 valence electrons. The third-order valence-corrected chi connectivity index (χ3v) is 3.88. The van der Waals surface area contributed by atoms with Gasteiger partial charge in [0, 0.05) is 11.1 Å². The average molecular weight is 311 g/mol. The number of nitrogens with two attached hydrogens (primary N) is 1. The van der Waals surface area contributed by atoms with E-state index in [1.54, 1.807) is 0 Å². The summed E-state index contributed by atoms with van der Waals surface area (Å²) in [6.45, 7) is 0. The van der Waals surface area contributed by atoms with Crippen LogP contribution in [0.2, 0.25) is 0 Å². The maximum absolute atomic E-state index is 13.8. The molecule has 0 radical (unpaired) electrons. The Labute approximate surface area is 120 Å². The Morgan fingerprint density at radius 1 is 1.29 bits per heavy atom. The van der Waals surface area contributed by atoms with Crippen molar-refractivity contribution in [2.24, 2.45) is 5.73 Å². The molecular formula is C13H10FNO5S. The molecule has 2 rings (SSSR count). The van der Waals surface area contributed by atoms with Crippen molar-refractivity contribution >= 4 is 22.7 Å². The molecule has 1 unspecified atom stereocenters. The van der Waals surface area contributed by atoms with Gasteiger partial charge in [0.2, 0.25) is 11.7 Å². The first-order valence-electron chi connectivity index (χ1n) is 5.68. The van der Waals surface area contributed by atoms with Crippen molar-refractivity contribution in [2.45, 2.75) is 10.8 Å². The van der Waals surface area contributed by atoms with Crippen LogP contribution in [0.3, 0.4) is 0 Å². The van der Waals surface area contributed by atoms with Gasteiger partial charge in [0.1, 0.15) is 5.82 Å². The van der Waals surface area contributed by atoms with Crippen LogP contribution in [0, 0.1) is 5.82 Å². The van der Waals surface area contributed by atoms with Gasteiger partial charge in [0.15, 0.2) is 5.09 Å². The molecule has 0 saturated heterocycles. The normalized spacial score (nSPS) is 12.0. The van der Waals surface area contributed by atoms with E-state index in [9.17, 15) is 18.2 Å². The Morgan fingerprint density at radius 3 is 2.52 bits per heavy atom. The molecule has 0 aliphatic carbocycles. The molecule has 8 heteroatoms. The number of amides is 1. The minimum absolute atomic E-state index is 0.00759. The molecule has 6 nitrogen and oxygen atoms in total. The highest BCUT2D eigenvalue weighted by atomic mass is 32.2. The van der Waals surface area contributed by atoms with Gasteiger partial charge in [0.05, 0.1) is 16.6 Å². The number of furan rings is 1. The van der Waals surface area contributed by atoms with Crippen molar-refractivity contribution in [2.75, 3.05) is 0 Å². The number of carboxylic acids is 1. The van der Waals surface area contributed by atoms with Crippen molar-refractivity contribution < 1.29 is 27.7 Å². The second-order valence-corrected chi connectivity index (χ2v) is 5.47. The predicted molar refractivity (Wildman–Crippen MR) is 70.7 cm³/mol. The summed E-state index contributed by atoms with van der Waals surface area (Å²) in [6, 6.07) is 6.01. The molecule has 0 fully saturated rings. The Morgan fingerprint density at radius 2 is 2.00 bits per heavy atom. The first-order chi connectivity index (χ1) is 9.88. The molecule has 0 bridgehead atoms. The van der Waals surface area contributed by atoms with Crippen molar-refractivity contribution in [1.82, 2.24) is 0 Å². The predicted octanol–water partition coefficient (Wildman–Crippen LogP) is 1.52. The zero-order chi connectivity index (χ0) is 15.6. The van der Waals surface area contributed by atoms with Crippen LogP contribution in [0.5, 0.6) is 0 Å². The fraction of sp³-hybridized carbons (Fsp3) is 0.0769. The third-order valence-electron chi connectivity index (χ3n) is 2.64. The van der Waals surface area contributed by atoms with Crippen molar-refractivity contribution in [3.8, 4) is 0 Å². The highest BCUT2D eigenvalue weighted by Crippen LogP contribution is 2.18. The molecule has 1 atom stereocenters. The molecule has 0 spiro atoms. The number of primary amides is 1. The number of aromatic carboxylic acids is 1. The zero-order valence-electron chi connectivity index (χ0n) is 10.5. The summed E-state index contributed by atoms with van der Waals surface area (Å²) in [6.07, 6.45) is 0. The fourth-order valence-electron chi connectivity index (χ4n) is 1.59. The molecule has 1 aromatic heterocycles. The second-order valence-electron chi connectivity index (χ2n) is 4.08. The number of rotatable bonds is 5. The first-order valence-corrected chi connectivity index (χ1v) is 7.00. The SMILES string of the molecule is NC(=O)c1ccc(CS(=O)c2ccc(C(=O)O)o2)c(F)c1. The second kappa shape index (κ2) is 5.88. The topological polar surface area (TPSA) is 111 Å². The molecule has 0 aliphatic heterocycles. The Balaban J connectivity index is 2.19. The van der Waals surface area contributed by atoms with Crippen molar-refractivity contribution in [1.29, 1.82) is 0 Å². The number of carbonyl (C=O) groups excluding carboxylic acids is 1. The number of benzene rings is 1. The Kier molecular flexibility index (Phi) is 4.18.